The zero-order chi connectivity index (χ0) is 25.8. The molecule has 0 aliphatic rings. The summed E-state index contributed by atoms with van der Waals surface area (Å²) in [5.74, 6) is -1.33. The van der Waals surface area contributed by atoms with E-state index in [-0.39, 0.29) is 34.9 Å². The third kappa shape index (κ3) is 8.58. The van der Waals surface area contributed by atoms with E-state index < -0.39 is 17.7 Å². The molecule has 182 valence electrons. The van der Waals surface area contributed by atoms with Crippen molar-refractivity contribution in [1.29, 1.82) is 0 Å². The first kappa shape index (κ1) is 27.0. The van der Waals surface area contributed by atoms with Gasteiger partial charge >= 0.3 is 5.97 Å². The van der Waals surface area contributed by atoms with Crippen molar-refractivity contribution in [3.63, 3.8) is 0 Å². The number of nitroso groups, excluding NO2 is 2. The number of phenols is 1. The fourth-order valence-corrected chi connectivity index (χ4v) is 2.80. The summed E-state index contributed by atoms with van der Waals surface area (Å²) in [5.41, 5.74) is 1.21. The molecule has 0 fully saturated rings. The Morgan fingerprint density at radius 1 is 0.829 bits per heavy atom. The van der Waals surface area contributed by atoms with Gasteiger partial charge in [-0.15, -0.1) is 9.81 Å². The number of ether oxygens (including phenoxy) is 1. The van der Waals surface area contributed by atoms with Crippen LogP contribution >= 0.6 is 0 Å². The molecule has 0 aliphatic heterocycles. The molecule has 0 saturated heterocycles. The number of esters is 1. The van der Waals surface area contributed by atoms with Crippen molar-refractivity contribution in [1.82, 2.24) is 0 Å². The van der Waals surface area contributed by atoms with Crippen LogP contribution in [0.25, 0.3) is 0 Å². The lowest BCUT2D eigenvalue weighted by molar-refractivity contribution is -0.137. The Balaban J connectivity index is 0.000000784. The number of phenolic OH excluding ortho intramolecular Hbond substituents is 1. The highest BCUT2D eigenvalue weighted by molar-refractivity contribution is 6.09. The molecule has 1 unspecified atom stereocenters. The highest BCUT2D eigenvalue weighted by Crippen LogP contribution is 2.23. The van der Waals surface area contributed by atoms with Crippen molar-refractivity contribution in [2.45, 2.75) is 33.6 Å². The van der Waals surface area contributed by atoms with Gasteiger partial charge in [-0.3, -0.25) is 9.59 Å². The fourth-order valence-electron chi connectivity index (χ4n) is 2.80. The van der Waals surface area contributed by atoms with Gasteiger partial charge in [-0.1, -0.05) is 39.3 Å². The quantitative estimate of drug-likeness (QED) is 0.118. The van der Waals surface area contributed by atoms with Crippen LogP contribution in [0.2, 0.25) is 0 Å². The Morgan fingerprint density at radius 2 is 1.31 bits per heavy atom. The molecule has 0 aromatic heterocycles. The first-order chi connectivity index (χ1) is 16.8. The summed E-state index contributed by atoms with van der Waals surface area (Å²) in [4.78, 5) is 47.0. The molecule has 35 heavy (non-hydrogen) atoms. The predicted octanol–water partition coefficient (Wildman–Crippen LogP) is 6.89. The Hall–Kier alpha value is -4.20. The monoisotopic (exact) mass is 476 g/mol. The maximum absolute atomic E-state index is 13.0. The van der Waals surface area contributed by atoms with Crippen molar-refractivity contribution in [3.8, 4) is 11.5 Å². The first-order valence-electron chi connectivity index (χ1n) is 11.2. The lowest BCUT2D eigenvalue weighted by Gasteiger charge is -2.15. The van der Waals surface area contributed by atoms with E-state index >= 15 is 0 Å². The molecule has 0 aliphatic carbocycles. The third-order valence-corrected chi connectivity index (χ3v) is 5.21. The van der Waals surface area contributed by atoms with Crippen LogP contribution < -0.4 is 4.74 Å². The highest BCUT2D eigenvalue weighted by atomic mass is 16.5. The van der Waals surface area contributed by atoms with Crippen LogP contribution in [0.4, 0.5) is 11.4 Å². The number of nitrogens with zero attached hydrogens (tertiary/aromatic N) is 2. The number of carbonyl (C=O) groups is 2. The van der Waals surface area contributed by atoms with Gasteiger partial charge in [0.1, 0.15) is 28.8 Å². The van der Waals surface area contributed by atoms with Crippen LogP contribution in [0, 0.1) is 21.6 Å². The van der Waals surface area contributed by atoms with Crippen molar-refractivity contribution in [2.75, 3.05) is 0 Å². The largest absolute Gasteiger partial charge is 0.508 e. The molecule has 3 aromatic carbocycles. The second kappa shape index (κ2) is 13.5. The molecule has 3 aromatic rings. The third-order valence-electron chi connectivity index (χ3n) is 5.21. The fraction of sp³-hybridized carbons (Fsp3) is 0.259. The average molecular weight is 477 g/mol. The van der Waals surface area contributed by atoms with E-state index in [0.29, 0.717) is 5.56 Å². The molecular weight excluding hydrogens is 448 g/mol. The van der Waals surface area contributed by atoms with Crippen LogP contribution in [-0.4, -0.2) is 16.9 Å². The maximum Gasteiger partial charge on any atom is 0.322 e. The molecule has 0 bridgehead atoms. The molecule has 0 saturated carbocycles. The van der Waals surface area contributed by atoms with Crippen molar-refractivity contribution < 1.29 is 19.4 Å². The summed E-state index contributed by atoms with van der Waals surface area (Å²) in [6, 6.07) is 17.3. The van der Waals surface area contributed by atoms with Gasteiger partial charge in [-0.05, 0) is 88.9 Å². The number of aromatic hydroxyl groups is 1. The Kier molecular flexibility index (Phi) is 10.4. The molecule has 8 heteroatoms. The summed E-state index contributed by atoms with van der Waals surface area (Å²) in [7, 11) is 0. The van der Waals surface area contributed by atoms with Crippen molar-refractivity contribution in [3.05, 3.63) is 93.7 Å². The molecule has 0 amide bonds. The zero-order valence-electron chi connectivity index (χ0n) is 19.9. The molecule has 0 radical (unpaired) electrons. The molecule has 1 N–H and O–H groups in total. The van der Waals surface area contributed by atoms with Gasteiger partial charge in [0, 0.05) is 5.56 Å². The first-order valence-corrected chi connectivity index (χ1v) is 11.2. The molecule has 8 nitrogen and oxygen atoms in total. The average Bonchev–Trinajstić information content (AvgIpc) is 2.88. The number of benzene rings is 3. The van der Waals surface area contributed by atoms with Crippen LogP contribution in [-0.2, 0) is 11.2 Å². The van der Waals surface area contributed by atoms with Crippen molar-refractivity contribution in [2.24, 2.45) is 22.2 Å². The molecule has 0 spiro atoms. The number of ketones is 1. The summed E-state index contributed by atoms with van der Waals surface area (Å²) in [6.45, 7) is 6.64. The number of rotatable bonds is 9. The number of hydrogen-bond donors (Lipinski definition) is 1. The van der Waals surface area contributed by atoms with E-state index in [1.165, 1.54) is 67.1 Å². The van der Waals surface area contributed by atoms with Gasteiger partial charge in [0.25, 0.3) is 0 Å². The SMILES string of the molecule is CCC(C)C.O=Nc1ccc(OC(=O)C(Cc2ccc(O)cc2)C(=O)c2ccc(N=O)cc2)cc1. The van der Waals surface area contributed by atoms with Gasteiger partial charge in [-0.25, -0.2) is 0 Å². The van der Waals surface area contributed by atoms with Gasteiger partial charge in [-0.2, -0.15) is 0 Å². The second-order valence-corrected chi connectivity index (χ2v) is 8.23. The summed E-state index contributed by atoms with van der Waals surface area (Å²) >= 11 is 0. The topological polar surface area (TPSA) is 122 Å². The Bertz CT molecular complexity index is 1120. The lowest BCUT2D eigenvalue weighted by atomic mass is 9.91. The van der Waals surface area contributed by atoms with E-state index in [4.69, 9.17) is 4.74 Å². The zero-order valence-corrected chi connectivity index (χ0v) is 19.9. The maximum atomic E-state index is 13.0. The van der Waals surface area contributed by atoms with Crippen LogP contribution in [0.5, 0.6) is 11.5 Å². The minimum atomic E-state index is -1.17. The predicted molar refractivity (Wildman–Crippen MR) is 134 cm³/mol. The Labute approximate surface area is 203 Å². The number of carbonyl (C=O) groups excluding carboxylic acids is 2. The van der Waals surface area contributed by atoms with Crippen LogP contribution in [0.15, 0.2) is 83.2 Å². The Morgan fingerprint density at radius 3 is 1.77 bits per heavy atom. The molecule has 1 atom stereocenters. The second-order valence-electron chi connectivity index (χ2n) is 8.23. The number of Topliss-reactive ketones (excluding diaryl/α,β-unsaturated/α-hetero) is 1. The van der Waals surface area contributed by atoms with Gasteiger partial charge in [0.15, 0.2) is 5.78 Å². The summed E-state index contributed by atoms with van der Waals surface area (Å²) in [6.07, 6.45) is 1.35. The molecule has 0 heterocycles. The molecular formula is C27H28N2O6. The normalized spacial score (nSPS) is 11.1. The van der Waals surface area contributed by atoms with Crippen molar-refractivity contribution >= 4 is 23.1 Å². The molecule has 3 rings (SSSR count). The smallest absolute Gasteiger partial charge is 0.322 e. The summed E-state index contributed by atoms with van der Waals surface area (Å²) in [5, 5.41) is 15.0. The van der Waals surface area contributed by atoms with E-state index in [1.54, 1.807) is 12.1 Å². The van der Waals surface area contributed by atoms with Gasteiger partial charge in [0.05, 0.1) is 0 Å². The van der Waals surface area contributed by atoms with Gasteiger partial charge in [0.2, 0.25) is 0 Å². The van der Waals surface area contributed by atoms with Crippen LogP contribution in [0.1, 0.15) is 43.1 Å². The summed E-state index contributed by atoms with van der Waals surface area (Å²) < 4.78 is 5.34. The number of hydrogen-bond acceptors (Lipinski definition) is 8. The lowest BCUT2D eigenvalue weighted by Crippen LogP contribution is -2.30. The van der Waals surface area contributed by atoms with E-state index in [9.17, 15) is 24.5 Å². The van der Waals surface area contributed by atoms with E-state index in [0.717, 1.165) is 5.92 Å². The van der Waals surface area contributed by atoms with E-state index in [2.05, 4.69) is 31.1 Å². The standard InChI is InChI=1S/C22H16N2O6.C5H12/c25-18-9-1-14(2-10-18)13-20(21(26)15-3-5-16(23-28)6-4-15)22(27)30-19-11-7-17(24-29)8-12-19;1-4-5(2)3/h1-12,20,25H,13H2;5H,4H2,1-3H3. The minimum absolute atomic E-state index is 0.0413. The van der Waals surface area contributed by atoms with Gasteiger partial charge < -0.3 is 9.84 Å². The highest BCUT2D eigenvalue weighted by Gasteiger charge is 2.30. The van der Waals surface area contributed by atoms with Crippen LogP contribution in [0.3, 0.4) is 0 Å². The minimum Gasteiger partial charge on any atom is -0.508 e. The van der Waals surface area contributed by atoms with E-state index in [1.807, 2.05) is 0 Å².